The van der Waals surface area contributed by atoms with Gasteiger partial charge in [-0.3, -0.25) is 14.4 Å². The highest BCUT2D eigenvalue weighted by molar-refractivity contribution is 7.92. The standard InChI is InChI=1S/C18H13Cl2F3N4O3S2/c1-32(29,30)27(12-6-7-14(20)13(8-12)18(21,22)23)9-15(28)24-17-26-25-16(31-17)10-2-4-11(19)5-3-10/h2-8H,9H2,1H3,(H,24,26,28). The number of benzene rings is 2. The van der Waals surface area contributed by atoms with E-state index in [1.165, 1.54) is 0 Å². The van der Waals surface area contributed by atoms with Crippen LogP contribution in [0.1, 0.15) is 5.56 Å². The lowest BCUT2D eigenvalue weighted by Gasteiger charge is -2.23. The van der Waals surface area contributed by atoms with Crippen LogP contribution in [-0.2, 0) is 21.0 Å². The van der Waals surface area contributed by atoms with E-state index in [1.54, 1.807) is 24.3 Å². The fraction of sp³-hybridized carbons (Fsp3) is 0.167. The van der Waals surface area contributed by atoms with Crippen LogP contribution in [-0.4, -0.2) is 37.3 Å². The van der Waals surface area contributed by atoms with Crippen molar-refractivity contribution in [3.8, 4) is 10.6 Å². The van der Waals surface area contributed by atoms with E-state index in [2.05, 4.69) is 15.5 Å². The summed E-state index contributed by atoms with van der Waals surface area (Å²) in [5.41, 5.74) is -0.882. The second-order valence-electron chi connectivity index (χ2n) is 6.40. The Morgan fingerprint density at radius 3 is 2.38 bits per heavy atom. The highest BCUT2D eigenvalue weighted by Crippen LogP contribution is 2.37. The number of rotatable bonds is 6. The second-order valence-corrected chi connectivity index (χ2v) is 10.1. The minimum Gasteiger partial charge on any atom is -0.299 e. The van der Waals surface area contributed by atoms with E-state index >= 15 is 0 Å². The summed E-state index contributed by atoms with van der Waals surface area (Å²) in [6, 6.07) is 9.29. The van der Waals surface area contributed by atoms with E-state index in [4.69, 9.17) is 23.2 Å². The number of nitrogens with one attached hydrogen (secondary N) is 1. The normalized spacial score (nSPS) is 11.9. The molecule has 0 saturated heterocycles. The molecule has 0 atom stereocenters. The number of alkyl halides is 3. The fourth-order valence-electron chi connectivity index (χ4n) is 2.56. The Bertz CT molecular complexity index is 1250. The SMILES string of the molecule is CS(=O)(=O)N(CC(=O)Nc1nnc(-c2ccc(Cl)cc2)s1)c1ccc(Cl)c(C(F)(F)F)c1. The monoisotopic (exact) mass is 524 g/mol. The van der Waals surface area contributed by atoms with Gasteiger partial charge in [0.2, 0.25) is 21.1 Å². The lowest BCUT2D eigenvalue weighted by Crippen LogP contribution is -2.37. The van der Waals surface area contributed by atoms with Crippen LogP contribution in [0, 0.1) is 0 Å². The number of anilines is 2. The third-order valence-electron chi connectivity index (χ3n) is 3.99. The maximum absolute atomic E-state index is 13.2. The molecule has 0 aliphatic heterocycles. The Balaban J connectivity index is 1.81. The molecule has 0 saturated carbocycles. The van der Waals surface area contributed by atoms with Crippen LogP contribution in [0.5, 0.6) is 0 Å². The molecule has 32 heavy (non-hydrogen) atoms. The van der Waals surface area contributed by atoms with Crippen LogP contribution < -0.4 is 9.62 Å². The van der Waals surface area contributed by atoms with Crippen LogP contribution in [0.4, 0.5) is 24.0 Å². The number of hydrogen-bond acceptors (Lipinski definition) is 6. The van der Waals surface area contributed by atoms with Gasteiger partial charge < -0.3 is 0 Å². The Morgan fingerprint density at radius 2 is 1.78 bits per heavy atom. The average molecular weight is 525 g/mol. The van der Waals surface area contributed by atoms with E-state index in [0.717, 1.165) is 29.7 Å². The number of halogens is 5. The lowest BCUT2D eigenvalue weighted by atomic mass is 10.2. The van der Waals surface area contributed by atoms with Crippen molar-refractivity contribution in [2.75, 3.05) is 22.4 Å². The summed E-state index contributed by atoms with van der Waals surface area (Å²) < 4.78 is 64.3. The van der Waals surface area contributed by atoms with Crippen LogP contribution >= 0.6 is 34.5 Å². The Hall–Kier alpha value is -2.41. The molecule has 0 radical (unpaired) electrons. The molecule has 7 nitrogen and oxygen atoms in total. The molecule has 1 aromatic heterocycles. The van der Waals surface area contributed by atoms with Crippen LogP contribution in [0.15, 0.2) is 42.5 Å². The highest BCUT2D eigenvalue weighted by Gasteiger charge is 2.34. The first-order valence-corrected chi connectivity index (χ1v) is 12.0. The number of hydrogen-bond donors (Lipinski definition) is 1. The molecule has 2 aromatic carbocycles. The average Bonchev–Trinajstić information content (AvgIpc) is 3.14. The molecule has 1 heterocycles. The number of carbonyl (C=O) groups is 1. The summed E-state index contributed by atoms with van der Waals surface area (Å²) >= 11 is 12.5. The molecular formula is C18H13Cl2F3N4O3S2. The van der Waals surface area contributed by atoms with E-state index in [9.17, 15) is 26.4 Å². The zero-order valence-electron chi connectivity index (χ0n) is 16.0. The summed E-state index contributed by atoms with van der Waals surface area (Å²) in [4.78, 5) is 12.4. The number of amides is 1. The maximum atomic E-state index is 13.2. The summed E-state index contributed by atoms with van der Waals surface area (Å²) in [6.45, 7) is -0.784. The minimum atomic E-state index is -4.80. The molecule has 3 rings (SSSR count). The Labute approximate surface area is 194 Å². The predicted molar refractivity (Wildman–Crippen MR) is 118 cm³/mol. The zero-order chi connectivity index (χ0) is 23.7. The van der Waals surface area contributed by atoms with Crippen molar-refractivity contribution >= 4 is 61.3 Å². The number of carbonyl (C=O) groups excluding carboxylic acids is 1. The summed E-state index contributed by atoms with van der Waals surface area (Å²) in [5.74, 6) is -0.822. The Kier molecular flexibility index (Phi) is 6.98. The molecule has 0 aliphatic carbocycles. The molecule has 0 bridgehead atoms. The minimum absolute atomic E-state index is 0.0838. The van der Waals surface area contributed by atoms with Crippen LogP contribution in [0.2, 0.25) is 10.0 Å². The fourth-order valence-corrected chi connectivity index (χ4v) is 4.52. The van der Waals surface area contributed by atoms with Gasteiger partial charge in [-0.25, -0.2) is 8.42 Å². The summed E-state index contributed by atoms with van der Waals surface area (Å²) in [6.07, 6.45) is -4.03. The molecule has 0 fully saturated rings. The van der Waals surface area contributed by atoms with E-state index in [0.29, 0.717) is 26.0 Å². The summed E-state index contributed by atoms with van der Waals surface area (Å²) in [5, 5.41) is 10.7. The molecule has 170 valence electrons. The van der Waals surface area contributed by atoms with E-state index < -0.39 is 39.2 Å². The maximum Gasteiger partial charge on any atom is 0.417 e. The highest BCUT2D eigenvalue weighted by atomic mass is 35.5. The van der Waals surface area contributed by atoms with Crippen molar-refractivity contribution in [1.29, 1.82) is 0 Å². The van der Waals surface area contributed by atoms with Crippen molar-refractivity contribution in [3.05, 3.63) is 58.1 Å². The van der Waals surface area contributed by atoms with E-state index in [-0.39, 0.29) is 10.8 Å². The van der Waals surface area contributed by atoms with Crippen molar-refractivity contribution in [2.45, 2.75) is 6.18 Å². The molecule has 0 aliphatic rings. The largest absolute Gasteiger partial charge is 0.417 e. The van der Waals surface area contributed by atoms with Gasteiger partial charge in [0.1, 0.15) is 11.6 Å². The van der Waals surface area contributed by atoms with Gasteiger partial charge in [0.15, 0.2) is 0 Å². The molecule has 0 unspecified atom stereocenters. The first-order chi connectivity index (χ1) is 14.8. The third kappa shape index (κ3) is 5.88. The Morgan fingerprint density at radius 1 is 1.12 bits per heavy atom. The molecule has 3 aromatic rings. The van der Waals surface area contributed by atoms with Crippen LogP contribution in [0.25, 0.3) is 10.6 Å². The number of aromatic nitrogens is 2. The lowest BCUT2D eigenvalue weighted by molar-refractivity contribution is -0.137. The van der Waals surface area contributed by atoms with Crippen molar-refractivity contribution in [1.82, 2.24) is 10.2 Å². The third-order valence-corrected chi connectivity index (χ3v) is 6.60. The molecule has 14 heteroatoms. The quantitative estimate of drug-likeness (QED) is 0.493. The van der Waals surface area contributed by atoms with Gasteiger partial charge in [-0.05, 0) is 30.3 Å². The molecule has 1 amide bonds. The zero-order valence-corrected chi connectivity index (χ0v) is 19.2. The number of nitrogens with zero attached hydrogens (tertiary/aromatic N) is 3. The van der Waals surface area contributed by atoms with Crippen molar-refractivity contribution in [3.63, 3.8) is 0 Å². The second kappa shape index (κ2) is 9.22. The van der Waals surface area contributed by atoms with E-state index in [1.807, 2.05) is 0 Å². The number of sulfonamides is 1. The molecule has 1 N–H and O–H groups in total. The first kappa shape index (κ1) is 24.2. The van der Waals surface area contributed by atoms with Gasteiger partial charge in [-0.1, -0.05) is 46.7 Å². The van der Waals surface area contributed by atoms with Gasteiger partial charge in [0, 0.05) is 10.6 Å². The summed E-state index contributed by atoms with van der Waals surface area (Å²) in [7, 11) is -4.11. The topological polar surface area (TPSA) is 92.3 Å². The molecule has 0 spiro atoms. The van der Waals surface area contributed by atoms with Gasteiger partial charge in [-0.15, -0.1) is 10.2 Å². The predicted octanol–water partition coefficient (Wildman–Crippen LogP) is 4.94. The van der Waals surface area contributed by atoms with Crippen molar-refractivity contribution in [2.24, 2.45) is 0 Å². The molecular weight excluding hydrogens is 512 g/mol. The van der Waals surface area contributed by atoms with Gasteiger partial charge in [0.05, 0.1) is 22.5 Å². The smallest absolute Gasteiger partial charge is 0.299 e. The van der Waals surface area contributed by atoms with Gasteiger partial charge >= 0.3 is 6.18 Å². The van der Waals surface area contributed by atoms with Crippen molar-refractivity contribution < 1.29 is 26.4 Å². The first-order valence-electron chi connectivity index (χ1n) is 8.58. The van der Waals surface area contributed by atoms with Gasteiger partial charge in [0.25, 0.3) is 0 Å². The van der Waals surface area contributed by atoms with Crippen LogP contribution in [0.3, 0.4) is 0 Å². The van der Waals surface area contributed by atoms with Gasteiger partial charge in [-0.2, -0.15) is 13.2 Å².